The summed E-state index contributed by atoms with van der Waals surface area (Å²) in [6, 6.07) is -0.120. The van der Waals surface area contributed by atoms with E-state index in [-0.39, 0.29) is 12.0 Å². The molecule has 0 aliphatic carbocycles. The second-order valence-electron chi connectivity index (χ2n) is 3.29. The Kier molecular flexibility index (Phi) is 2.41. The number of thiazole rings is 1. The molecular weight excluding hydrogens is 200 g/mol. The monoisotopic (exact) mass is 212 g/mol. The van der Waals surface area contributed by atoms with Crippen LogP contribution in [0.15, 0.2) is 5.38 Å². The van der Waals surface area contributed by atoms with Gasteiger partial charge in [-0.2, -0.15) is 0 Å². The first-order valence-corrected chi connectivity index (χ1v) is 5.37. The Morgan fingerprint density at radius 2 is 2.57 bits per heavy atom. The van der Waals surface area contributed by atoms with Crippen molar-refractivity contribution in [3.05, 3.63) is 11.1 Å². The smallest absolute Gasteiger partial charge is 0.328 e. The minimum atomic E-state index is -0.163. The molecule has 2 heterocycles. The van der Waals surface area contributed by atoms with Gasteiger partial charge < -0.3 is 9.64 Å². The van der Waals surface area contributed by atoms with Crippen molar-refractivity contribution in [3.63, 3.8) is 0 Å². The molecule has 1 fully saturated rings. The highest BCUT2D eigenvalue weighted by molar-refractivity contribution is 7.13. The van der Waals surface area contributed by atoms with Crippen LogP contribution in [0, 0.1) is 6.92 Å². The van der Waals surface area contributed by atoms with E-state index < -0.39 is 0 Å². The fourth-order valence-electron chi connectivity index (χ4n) is 1.47. The Morgan fingerprint density at radius 1 is 1.79 bits per heavy atom. The van der Waals surface area contributed by atoms with Gasteiger partial charge in [-0.25, -0.2) is 9.78 Å². The molecule has 1 aliphatic heterocycles. The van der Waals surface area contributed by atoms with E-state index in [0.29, 0.717) is 0 Å². The van der Waals surface area contributed by atoms with Gasteiger partial charge in [0.1, 0.15) is 6.04 Å². The lowest BCUT2D eigenvalue weighted by Crippen LogP contribution is -2.53. The summed E-state index contributed by atoms with van der Waals surface area (Å²) in [6.45, 7) is 2.85. The molecular formula is C9H12N2O2S. The third-order valence-corrected chi connectivity index (χ3v) is 3.34. The first-order valence-electron chi connectivity index (χ1n) is 4.49. The van der Waals surface area contributed by atoms with E-state index in [0.717, 1.165) is 23.8 Å². The molecule has 0 N–H and O–H groups in total. The molecule has 1 aromatic heterocycles. The average molecular weight is 212 g/mol. The summed E-state index contributed by atoms with van der Waals surface area (Å²) in [5, 5.41) is 2.91. The number of anilines is 1. The highest BCUT2D eigenvalue weighted by atomic mass is 32.1. The minimum Gasteiger partial charge on any atom is -0.467 e. The first kappa shape index (κ1) is 9.45. The molecule has 5 heteroatoms. The predicted molar refractivity (Wildman–Crippen MR) is 54.6 cm³/mol. The van der Waals surface area contributed by atoms with Crippen LogP contribution in [0.1, 0.15) is 12.1 Å². The van der Waals surface area contributed by atoms with Gasteiger partial charge in [-0.1, -0.05) is 0 Å². The van der Waals surface area contributed by atoms with E-state index in [4.69, 9.17) is 4.74 Å². The van der Waals surface area contributed by atoms with E-state index in [2.05, 4.69) is 4.98 Å². The number of hydrogen-bond acceptors (Lipinski definition) is 5. The molecule has 0 spiro atoms. The second-order valence-corrected chi connectivity index (χ2v) is 4.13. The third-order valence-electron chi connectivity index (χ3n) is 2.35. The van der Waals surface area contributed by atoms with Crippen molar-refractivity contribution in [1.82, 2.24) is 4.98 Å². The van der Waals surface area contributed by atoms with E-state index in [1.54, 1.807) is 11.3 Å². The predicted octanol–water partition coefficient (Wildman–Crippen LogP) is 1.20. The SMILES string of the molecule is COC(=O)C1CCN1c1nc(C)cs1. The van der Waals surface area contributed by atoms with Gasteiger partial charge in [0, 0.05) is 11.9 Å². The normalized spacial score (nSPS) is 20.4. The molecule has 1 aromatic rings. The lowest BCUT2D eigenvalue weighted by molar-refractivity contribution is -0.143. The van der Waals surface area contributed by atoms with Crippen molar-refractivity contribution in [2.45, 2.75) is 19.4 Å². The average Bonchev–Trinajstić information content (AvgIpc) is 2.49. The maximum atomic E-state index is 11.3. The highest BCUT2D eigenvalue weighted by Gasteiger charge is 2.36. The van der Waals surface area contributed by atoms with Gasteiger partial charge in [0.2, 0.25) is 0 Å². The Labute approximate surface area is 86.5 Å². The standard InChI is InChI=1S/C9H12N2O2S/c1-6-5-14-9(10-6)11-4-3-7(11)8(12)13-2/h5,7H,3-4H2,1-2H3. The Hall–Kier alpha value is -1.10. The minimum absolute atomic E-state index is 0.120. The molecule has 1 aliphatic rings. The van der Waals surface area contributed by atoms with Gasteiger partial charge in [-0.15, -0.1) is 11.3 Å². The number of carbonyl (C=O) groups excluding carboxylic acids is 1. The maximum absolute atomic E-state index is 11.3. The molecule has 14 heavy (non-hydrogen) atoms. The lowest BCUT2D eigenvalue weighted by atomic mass is 10.1. The number of rotatable bonds is 2. The van der Waals surface area contributed by atoms with E-state index >= 15 is 0 Å². The van der Waals surface area contributed by atoms with Crippen LogP contribution in [0.25, 0.3) is 0 Å². The van der Waals surface area contributed by atoms with E-state index in [9.17, 15) is 4.79 Å². The van der Waals surface area contributed by atoms with Gasteiger partial charge in [-0.05, 0) is 13.3 Å². The summed E-state index contributed by atoms with van der Waals surface area (Å²) < 4.78 is 4.71. The Balaban J connectivity index is 2.10. The van der Waals surface area contributed by atoms with Crippen molar-refractivity contribution in [1.29, 1.82) is 0 Å². The van der Waals surface area contributed by atoms with Crippen molar-refractivity contribution in [2.75, 3.05) is 18.6 Å². The second kappa shape index (κ2) is 3.57. The summed E-state index contributed by atoms with van der Waals surface area (Å²) in [7, 11) is 1.42. The van der Waals surface area contributed by atoms with Gasteiger partial charge in [0.05, 0.1) is 12.8 Å². The molecule has 2 rings (SSSR count). The van der Waals surface area contributed by atoms with Gasteiger partial charge in [0.15, 0.2) is 5.13 Å². The number of ether oxygens (including phenoxy) is 1. The molecule has 1 unspecified atom stereocenters. The third kappa shape index (κ3) is 1.48. The number of methoxy groups -OCH3 is 1. The van der Waals surface area contributed by atoms with Crippen LogP contribution in [-0.2, 0) is 9.53 Å². The summed E-state index contributed by atoms with van der Waals surface area (Å²) in [5.41, 5.74) is 1.00. The number of hydrogen-bond donors (Lipinski definition) is 0. The van der Waals surface area contributed by atoms with Crippen LogP contribution in [0.2, 0.25) is 0 Å². The van der Waals surface area contributed by atoms with Crippen LogP contribution < -0.4 is 4.90 Å². The van der Waals surface area contributed by atoms with Gasteiger partial charge in [-0.3, -0.25) is 0 Å². The van der Waals surface area contributed by atoms with Crippen molar-refractivity contribution >= 4 is 22.4 Å². The number of aryl methyl sites for hydroxylation is 1. The fraction of sp³-hybridized carbons (Fsp3) is 0.556. The topological polar surface area (TPSA) is 42.4 Å². The first-order chi connectivity index (χ1) is 6.72. The highest BCUT2D eigenvalue weighted by Crippen LogP contribution is 2.29. The number of nitrogens with zero attached hydrogens (tertiary/aromatic N) is 2. The summed E-state index contributed by atoms with van der Waals surface area (Å²) >= 11 is 1.57. The van der Waals surface area contributed by atoms with Gasteiger partial charge in [0.25, 0.3) is 0 Å². The van der Waals surface area contributed by atoms with Crippen LogP contribution in [0.3, 0.4) is 0 Å². The van der Waals surface area contributed by atoms with Crippen molar-refractivity contribution < 1.29 is 9.53 Å². The van der Waals surface area contributed by atoms with Crippen LogP contribution in [-0.4, -0.2) is 30.6 Å². The Bertz CT molecular complexity index is 350. The molecule has 0 amide bonds. The van der Waals surface area contributed by atoms with Crippen molar-refractivity contribution in [2.24, 2.45) is 0 Å². The van der Waals surface area contributed by atoms with E-state index in [1.165, 1.54) is 7.11 Å². The zero-order valence-corrected chi connectivity index (χ0v) is 9.00. The van der Waals surface area contributed by atoms with Crippen LogP contribution in [0.4, 0.5) is 5.13 Å². The summed E-state index contributed by atoms with van der Waals surface area (Å²) in [6.07, 6.45) is 0.866. The molecule has 1 saturated heterocycles. The molecule has 1 atom stereocenters. The van der Waals surface area contributed by atoms with Crippen LogP contribution in [0.5, 0.6) is 0 Å². The molecule has 0 saturated carbocycles. The summed E-state index contributed by atoms with van der Waals surface area (Å²) in [4.78, 5) is 17.6. The molecule has 0 aromatic carbocycles. The molecule has 76 valence electrons. The molecule has 0 bridgehead atoms. The molecule has 0 radical (unpaired) electrons. The largest absolute Gasteiger partial charge is 0.467 e. The zero-order chi connectivity index (χ0) is 10.1. The number of aromatic nitrogens is 1. The number of carbonyl (C=O) groups is 1. The van der Waals surface area contributed by atoms with Crippen LogP contribution >= 0.6 is 11.3 Å². The van der Waals surface area contributed by atoms with Gasteiger partial charge >= 0.3 is 5.97 Å². The summed E-state index contributed by atoms with van der Waals surface area (Å²) in [5.74, 6) is -0.163. The zero-order valence-electron chi connectivity index (χ0n) is 8.19. The fourth-order valence-corrected chi connectivity index (χ4v) is 2.35. The lowest BCUT2D eigenvalue weighted by Gasteiger charge is -2.38. The maximum Gasteiger partial charge on any atom is 0.328 e. The van der Waals surface area contributed by atoms with Crippen molar-refractivity contribution in [3.8, 4) is 0 Å². The Morgan fingerprint density at radius 3 is 3.00 bits per heavy atom. The molecule has 4 nitrogen and oxygen atoms in total. The quantitative estimate of drug-likeness (QED) is 0.691. The number of esters is 1. The van der Waals surface area contributed by atoms with E-state index in [1.807, 2.05) is 17.2 Å².